The number of imidazole rings is 1. The van der Waals surface area contributed by atoms with Crippen LogP contribution in [0.15, 0.2) is 58.5 Å². The molecule has 2 heterocycles. The number of rotatable bonds is 5. The lowest BCUT2D eigenvalue weighted by molar-refractivity contribution is 0.899. The van der Waals surface area contributed by atoms with E-state index in [1.165, 1.54) is 17.3 Å². The molecule has 4 rings (SSSR count). The molecule has 0 radical (unpaired) electrons. The normalized spacial score (nSPS) is 11.2. The number of thioether (sulfide) groups is 1. The van der Waals surface area contributed by atoms with E-state index in [9.17, 15) is 4.79 Å². The fraction of sp³-hybridized carbons (Fsp3) is 0.150. The summed E-state index contributed by atoms with van der Waals surface area (Å²) in [6.45, 7) is 0. The van der Waals surface area contributed by atoms with Gasteiger partial charge in [0.2, 0.25) is 0 Å². The van der Waals surface area contributed by atoms with Gasteiger partial charge in [-0.3, -0.25) is 9.78 Å². The topological polar surface area (TPSA) is 63.6 Å². The number of nitrogens with one attached hydrogen (secondary N) is 1. The van der Waals surface area contributed by atoms with Crippen molar-refractivity contribution in [3.05, 3.63) is 74.5 Å². The van der Waals surface area contributed by atoms with Gasteiger partial charge in [-0.05, 0) is 48.4 Å². The highest BCUT2D eigenvalue weighted by Crippen LogP contribution is 2.24. The summed E-state index contributed by atoms with van der Waals surface area (Å²) in [6, 6.07) is 15.1. The van der Waals surface area contributed by atoms with E-state index < -0.39 is 0 Å². The maximum atomic E-state index is 12.5. The summed E-state index contributed by atoms with van der Waals surface area (Å²) in [5, 5.41) is 1.95. The van der Waals surface area contributed by atoms with Crippen LogP contribution >= 0.6 is 35.0 Å². The summed E-state index contributed by atoms with van der Waals surface area (Å²) in [5.41, 5.74) is 2.71. The highest BCUT2D eigenvalue weighted by Gasteiger charge is 2.15. The maximum absolute atomic E-state index is 12.5. The van der Waals surface area contributed by atoms with Crippen molar-refractivity contribution < 1.29 is 0 Å². The SMILES string of the molecule is Cn1c(-c2ccc(Cl)cc2)nc2c(=O)[nH]c(SCCc3ccc(Cl)cc3)nc21. The van der Waals surface area contributed by atoms with E-state index in [0.717, 1.165) is 22.8 Å². The molecular formula is C20H16Cl2N4OS. The Balaban J connectivity index is 1.59. The summed E-state index contributed by atoms with van der Waals surface area (Å²) in [7, 11) is 1.86. The molecule has 5 nitrogen and oxygen atoms in total. The van der Waals surface area contributed by atoms with Crippen LogP contribution in [-0.2, 0) is 13.5 Å². The number of halogens is 2. The number of benzene rings is 2. The van der Waals surface area contributed by atoms with Crippen molar-refractivity contribution in [2.24, 2.45) is 7.05 Å². The summed E-state index contributed by atoms with van der Waals surface area (Å²) >= 11 is 13.4. The third kappa shape index (κ3) is 3.94. The van der Waals surface area contributed by atoms with E-state index in [4.69, 9.17) is 23.2 Å². The minimum absolute atomic E-state index is 0.241. The van der Waals surface area contributed by atoms with Crippen molar-refractivity contribution in [3.63, 3.8) is 0 Å². The molecule has 0 amide bonds. The maximum Gasteiger partial charge on any atom is 0.279 e. The second-order valence-electron chi connectivity index (χ2n) is 6.27. The molecule has 0 spiro atoms. The second-order valence-corrected chi connectivity index (χ2v) is 8.23. The van der Waals surface area contributed by atoms with Gasteiger partial charge in [0.25, 0.3) is 5.56 Å². The number of aromatic nitrogens is 4. The molecule has 2 aromatic heterocycles. The minimum Gasteiger partial charge on any atom is -0.312 e. The molecule has 2 aromatic carbocycles. The first-order chi connectivity index (χ1) is 13.5. The van der Waals surface area contributed by atoms with Gasteiger partial charge in [-0.1, -0.05) is 47.1 Å². The summed E-state index contributed by atoms with van der Waals surface area (Å²) in [6.07, 6.45) is 0.852. The van der Waals surface area contributed by atoms with Crippen LogP contribution in [-0.4, -0.2) is 25.3 Å². The minimum atomic E-state index is -0.241. The molecule has 0 aliphatic rings. The molecular weight excluding hydrogens is 415 g/mol. The summed E-state index contributed by atoms with van der Waals surface area (Å²) in [5.74, 6) is 1.46. The van der Waals surface area contributed by atoms with Crippen LogP contribution < -0.4 is 5.56 Å². The fourth-order valence-electron chi connectivity index (χ4n) is 2.89. The Morgan fingerprint density at radius 1 is 1.00 bits per heavy atom. The van der Waals surface area contributed by atoms with Gasteiger partial charge >= 0.3 is 0 Å². The van der Waals surface area contributed by atoms with Crippen LogP contribution in [0.25, 0.3) is 22.6 Å². The van der Waals surface area contributed by atoms with Gasteiger partial charge in [0, 0.05) is 28.4 Å². The first-order valence-electron chi connectivity index (χ1n) is 8.61. The van der Waals surface area contributed by atoms with Crippen molar-refractivity contribution in [3.8, 4) is 11.4 Å². The van der Waals surface area contributed by atoms with Crippen molar-refractivity contribution in [2.45, 2.75) is 11.6 Å². The Hall–Kier alpha value is -2.28. The van der Waals surface area contributed by atoms with E-state index in [1.807, 2.05) is 48.0 Å². The molecule has 0 atom stereocenters. The predicted octanol–water partition coefficient (Wildman–Crippen LogP) is 4.97. The zero-order chi connectivity index (χ0) is 19.7. The van der Waals surface area contributed by atoms with Crippen molar-refractivity contribution in [1.29, 1.82) is 0 Å². The Morgan fingerprint density at radius 3 is 2.32 bits per heavy atom. The first-order valence-corrected chi connectivity index (χ1v) is 10.4. The van der Waals surface area contributed by atoms with Gasteiger partial charge in [-0.15, -0.1) is 0 Å². The van der Waals surface area contributed by atoms with Gasteiger partial charge in [-0.25, -0.2) is 9.97 Å². The van der Waals surface area contributed by atoms with Crippen LogP contribution in [0, 0.1) is 0 Å². The van der Waals surface area contributed by atoms with E-state index in [0.29, 0.717) is 27.2 Å². The summed E-state index contributed by atoms with van der Waals surface area (Å²) < 4.78 is 1.83. The standard InChI is InChI=1S/C20H16Cl2N4OS/c1-26-17(13-4-8-15(22)9-5-13)23-16-18(26)24-20(25-19(16)27)28-11-10-12-2-6-14(21)7-3-12/h2-9H,10-11H2,1H3,(H,24,25,27). The van der Waals surface area contributed by atoms with Crippen molar-refractivity contribution in [2.75, 3.05) is 5.75 Å². The molecule has 0 aliphatic heterocycles. The number of fused-ring (bicyclic) bond motifs is 1. The first kappa shape index (κ1) is 19.1. The Morgan fingerprint density at radius 2 is 1.64 bits per heavy atom. The van der Waals surface area contributed by atoms with Crippen LogP contribution in [0.1, 0.15) is 5.56 Å². The monoisotopic (exact) mass is 430 g/mol. The molecule has 0 saturated carbocycles. The molecule has 0 fully saturated rings. The molecule has 0 saturated heterocycles. The van der Waals surface area contributed by atoms with Crippen molar-refractivity contribution >= 4 is 46.1 Å². The average molecular weight is 431 g/mol. The van der Waals surface area contributed by atoms with Gasteiger partial charge in [0.15, 0.2) is 16.3 Å². The van der Waals surface area contributed by atoms with E-state index >= 15 is 0 Å². The molecule has 1 N–H and O–H groups in total. The largest absolute Gasteiger partial charge is 0.312 e. The van der Waals surface area contributed by atoms with Gasteiger partial charge in [0.1, 0.15) is 5.82 Å². The molecule has 0 bridgehead atoms. The number of aromatic amines is 1. The molecule has 0 unspecified atom stereocenters. The lowest BCUT2D eigenvalue weighted by atomic mass is 10.2. The lowest BCUT2D eigenvalue weighted by Crippen LogP contribution is -2.10. The number of aryl methyl sites for hydroxylation is 2. The zero-order valence-electron chi connectivity index (χ0n) is 14.9. The van der Waals surface area contributed by atoms with Crippen LogP contribution in [0.3, 0.4) is 0 Å². The fourth-order valence-corrected chi connectivity index (χ4v) is 3.99. The van der Waals surface area contributed by atoms with E-state index in [1.54, 1.807) is 12.1 Å². The van der Waals surface area contributed by atoms with Gasteiger partial charge < -0.3 is 4.57 Å². The van der Waals surface area contributed by atoms with Crippen LogP contribution in [0.2, 0.25) is 10.0 Å². The predicted molar refractivity (Wildman–Crippen MR) is 115 cm³/mol. The van der Waals surface area contributed by atoms with Gasteiger partial charge in [0.05, 0.1) is 0 Å². The number of H-pyrrole nitrogens is 1. The van der Waals surface area contributed by atoms with Crippen LogP contribution in [0.4, 0.5) is 0 Å². The Bertz CT molecular complexity index is 1180. The highest BCUT2D eigenvalue weighted by atomic mass is 35.5. The molecule has 8 heteroatoms. The molecule has 4 aromatic rings. The van der Waals surface area contributed by atoms with Crippen LogP contribution in [0.5, 0.6) is 0 Å². The highest BCUT2D eigenvalue weighted by molar-refractivity contribution is 7.99. The molecule has 0 aliphatic carbocycles. The molecule has 142 valence electrons. The number of hydrogen-bond acceptors (Lipinski definition) is 4. The number of hydrogen-bond donors (Lipinski definition) is 1. The zero-order valence-corrected chi connectivity index (χ0v) is 17.3. The lowest BCUT2D eigenvalue weighted by Gasteiger charge is -2.04. The molecule has 28 heavy (non-hydrogen) atoms. The van der Waals surface area contributed by atoms with Crippen molar-refractivity contribution in [1.82, 2.24) is 19.5 Å². The van der Waals surface area contributed by atoms with E-state index in [2.05, 4.69) is 15.0 Å². The van der Waals surface area contributed by atoms with Gasteiger partial charge in [-0.2, -0.15) is 0 Å². The third-order valence-corrected chi connectivity index (χ3v) is 5.73. The second kappa shape index (κ2) is 7.99. The van der Waals surface area contributed by atoms with E-state index in [-0.39, 0.29) is 5.56 Å². The Kier molecular flexibility index (Phi) is 5.44. The third-order valence-electron chi connectivity index (χ3n) is 4.35. The quantitative estimate of drug-likeness (QED) is 0.358. The Labute approximate surface area is 175 Å². The summed E-state index contributed by atoms with van der Waals surface area (Å²) in [4.78, 5) is 24.4. The smallest absolute Gasteiger partial charge is 0.279 e. The number of nitrogens with zero attached hydrogens (tertiary/aromatic N) is 3. The average Bonchev–Trinajstić information content (AvgIpc) is 3.02.